The Hall–Kier alpha value is -2.43. The molecule has 0 unspecified atom stereocenters. The van der Waals surface area contributed by atoms with E-state index in [9.17, 15) is 9.90 Å². The van der Waals surface area contributed by atoms with Crippen LogP contribution in [0.15, 0.2) is 54.6 Å². The Labute approximate surface area is 155 Å². The molecule has 0 spiro atoms. The monoisotopic (exact) mass is 378 g/mol. The predicted octanol–water partition coefficient (Wildman–Crippen LogP) is 5.08. The summed E-state index contributed by atoms with van der Waals surface area (Å²) in [5.74, 6) is -0.0619. The Bertz CT molecular complexity index is 841. The highest BCUT2D eigenvalue weighted by Crippen LogP contribution is 2.34. The van der Waals surface area contributed by atoms with Gasteiger partial charge in [0.15, 0.2) is 5.78 Å². The third kappa shape index (κ3) is 4.56. The van der Waals surface area contributed by atoms with Gasteiger partial charge < -0.3 is 14.6 Å². The molecular formula is C19H16Cl2O4. The third-order valence-electron chi connectivity index (χ3n) is 3.38. The first-order chi connectivity index (χ1) is 12.0. The first kappa shape index (κ1) is 18.9. The number of carbonyl (C=O) groups is 1. The molecule has 1 N–H and O–H groups in total. The molecule has 130 valence electrons. The first-order valence-corrected chi connectivity index (χ1v) is 8.01. The quantitative estimate of drug-likeness (QED) is 0.432. The summed E-state index contributed by atoms with van der Waals surface area (Å²) in [4.78, 5) is 12.4. The highest BCUT2D eigenvalue weighted by Gasteiger charge is 2.17. The highest BCUT2D eigenvalue weighted by atomic mass is 35.5. The molecule has 2 aromatic rings. The van der Waals surface area contributed by atoms with E-state index >= 15 is 0 Å². The molecule has 0 aliphatic carbocycles. The van der Waals surface area contributed by atoms with Crippen molar-refractivity contribution in [2.75, 3.05) is 14.2 Å². The van der Waals surface area contributed by atoms with E-state index in [2.05, 4.69) is 0 Å². The van der Waals surface area contributed by atoms with Gasteiger partial charge in [0.2, 0.25) is 0 Å². The van der Waals surface area contributed by atoms with Crippen molar-refractivity contribution in [1.29, 1.82) is 0 Å². The number of allylic oxidation sites excluding steroid dienone is 3. The van der Waals surface area contributed by atoms with Gasteiger partial charge in [-0.05, 0) is 18.2 Å². The fourth-order valence-corrected chi connectivity index (χ4v) is 2.67. The average molecular weight is 379 g/mol. The molecule has 0 aliphatic rings. The van der Waals surface area contributed by atoms with Gasteiger partial charge in [0, 0.05) is 27.8 Å². The summed E-state index contributed by atoms with van der Waals surface area (Å²) in [6.45, 7) is 0. The van der Waals surface area contributed by atoms with Crippen LogP contribution in [0.25, 0.3) is 5.03 Å². The zero-order chi connectivity index (χ0) is 18.4. The Balaban J connectivity index is 2.26. The number of ketones is 1. The van der Waals surface area contributed by atoms with Gasteiger partial charge in [0.1, 0.15) is 22.8 Å². The number of benzene rings is 2. The maximum Gasteiger partial charge on any atom is 0.193 e. The van der Waals surface area contributed by atoms with Gasteiger partial charge in [0.25, 0.3) is 0 Å². The van der Waals surface area contributed by atoms with E-state index in [1.54, 1.807) is 24.3 Å². The van der Waals surface area contributed by atoms with E-state index in [0.717, 1.165) is 0 Å². The van der Waals surface area contributed by atoms with E-state index in [1.807, 2.05) is 6.07 Å². The van der Waals surface area contributed by atoms with Crippen molar-refractivity contribution < 1.29 is 19.4 Å². The Kier molecular flexibility index (Phi) is 6.51. The summed E-state index contributed by atoms with van der Waals surface area (Å²) in [7, 11) is 2.86. The number of phenols is 1. The van der Waals surface area contributed by atoms with Crippen LogP contribution in [0.1, 0.15) is 15.9 Å². The van der Waals surface area contributed by atoms with Crippen LogP contribution in [-0.4, -0.2) is 25.1 Å². The summed E-state index contributed by atoms with van der Waals surface area (Å²) in [5.41, 5.74) is 0.703. The largest absolute Gasteiger partial charge is 0.507 e. The van der Waals surface area contributed by atoms with Gasteiger partial charge in [-0.2, -0.15) is 0 Å². The minimum atomic E-state index is -0.433. The Morgan fingerprint density at radius 1 is 1.16 bits per heavy atom. The first-order valence-electron chi connectivity index (χ1n) is 7.26. The Morgan fingerprint density at radius 3 is 2.52 bits per heavy atom. The van der Waals surface area contributed by atoms with Gasteiger partial charge >= 0.3 is 0 Å². The second-order valence-electron chi connectivity index (χ2n) is 4.94. The van der Waals surface area contributed by atoms with Crippen molar-refractivity contribution in [3.63, 3.8) is 0 Å². The number of rotatable bonds is 6. The zero-order valence-corrected chi connectivity index (χ0v) is 15.1. The number of hydrogen-bond acceptors (Lipinski definition) is 4. The van der Waals surface area contributed by atoms with Crippen molar-refractivity contribution in [2.24, 2.45) is 0 Å². The van der Waals surface area contributed by atoms with Gasteiger partial charge in [-0.25, -0.2) is 0 Å². The molecule has 0 amide bonds. The summed E-state index contributed by atoms with van der Waals surface area (Å²) in [6.07, 6.45) is 4.31. The van der Waals surface area contributed by atoms with Gasteiger partial charge in [-0.3, -0.25) is 4.79 Å². The smallest absolute Gasteiger partial charge is 0.193 e. The lowest BCUT2D eigenvalue weighted by Crippen LogP contribution is -2.00. The standard InChI is InChI=1S/C19H16Cl2O4/c1-24-12-10-17(23)19(18(11-12)25-2)16(22)9-5-8-15(21)13-6-3-4-7-14(13)20/h3-11,23H,1-2H3/b9-5+,15-8-. The lowest BCUT2D eigenvalue weighted by atomic mass is 10.1. The number of carbonyl (C=O) groups excluding carboxylic acids is 1. The molecule has 0 atom stereocenters. The number of ether oxygens (including phenoxy) is 2. The van der Waals surface area contributed by atoms with Crippen LogP contribution in [0, 0.1) is 0 Å². The van der Waals surface area contributed by atoms with Crippen molar-refractivity contribution in [2.45, 2.75) is 0 Å². The number of halogens is 2. The second-order valence-corrected chi connectivity index (χ2v) is 5.76. The molecule has 0 aromatic heterocycles. The van der Waals surface area contributed by atoms with Crippen LogP contribution in [0.3, 0.4) is 0 Å². The van der Waals surface area contributed by atoms with Crippen molar-refractivity contribution >= 4 is 34.0 Å². The molecule has 0 heterocycles. The minimum absolute atomic E-state index is 0.0433. The van der Waals surface area contributed by atoms with E-state index < -0.39 is 5.78 Å². The van der Waals surface area contributed by atoms with E-state index in [0.29, 0.717) is 21.4 Å². The van der Waals surface area contributed by atoms with Crippen LogP contribution in [0.4, 0.5) is 0 Å². The molecule has 0 saturated heterocycles. The Morgan fingerprint density at radius 2 is 1.88 bits per heavy atom. The molecule has 0 fully saturated rings. The summed E-state index contributed by atoms with van der Waals surface area (Å²) in [5, 5.41) is 11.0. The van der Waals surface area contributed by atoms with Crippen LogP contribution in [0.2, 0.25) is 5.02 Å². The summed E-state index contributed by atoms with van der Waals surface area (Å²) in [6, 6.07) is 9.97. The molecular weight excluding hydrogens is 363 g/mol. The molecule has 4 nitrogen and oxygen atoms in total. The van der Waals surface area contributed by atoms with Crippen molar-refractivity contribution in [1.82, 2.24) is 0 Å². The average Bonchev–Trinajstić information content (AvgIpc) is 2.60. The summed E-state index contributed by atoms with van der Waals surface area (Å²) >= 11 is 12.3. The SMILES string of the molecule is COc1cc(O)c(C(=O)/C=C/C=C(\Cl)c2ccccc2Cl)c(OC)c1. The van der Waals surface area contributed by atoms with E-state index in [-0.39, 0.29) is 17.1 Å². The number of hydrogen-bond donors (Lipinski definition) is 1. The second kappa shape index (κ2) is 8.60. The number of methoxy groups -OCH3 is 2. The van der Waals surface area contributed by atoms with Gasteiger partial charge in [0.05, 0.1) is 14.2 Å². The molecule has 6 heteroatoms. The fourth-order valence-electron chi connectivity index (χ4n) is 2.15. The minimum Gasteiger partial charge on any atom is -0.507 e. The summed E-state index contributed by atoms with van der Waals surface area (Å²) < 4.78 is 10.2. The molecule has 2 rings (SSSR count). The number of aromatic hydroxyl groups is 1. The fraction of sp³-hybridized carbons (Fsp3) is 0.105. The molecule has 0 radical (unpaired) electrons. The predicted molar refractivity (Wildman–Crippen MR) is 100.0 cm³/mol. The normalized spacial score (nSPS) is 11.6. The van der Waals surface area contributed by atoms with Crippen LogP contribution in [-0.2, 0) is 0 Å². The van der Waals surface area contributed by atoms with Crippen molar-refractivity contribution in [3.05, 3.63) is 70.8 Å². The molecule has 25 heavy (non-hydrogen) atoms. The van der Waals surface area contributed by atoms with E-state index in [4.69, 9.17) is 32.7 Å². The molecule has 0 saturated carbocycles. The van der Waals surface area contributed by atoms with Crippen molar-refractivity contribution in [3.8, 4) is 17.2 Å². The molecule has 0 bridgehead atoms. The molecule has 0 aliphatic heterocycles. The lowest BCUT2D eigenvalue weighted by Gasteiger charge is -2.10. The van der Waals surface area contributed by atoms with Crippen LogP contribution in [0.5, 0.6) is 17.2 Å². The van der Waals surface area contributed by atoms with E-state index in [1.165, 1.54) is 38.5 Å². The van der Waals surface area contributed by atoms with Crippen LogP contribution >= 0.6 is 23.2 Å². The van der Waals surface area contributed by atoms with Crippen LogP contribution < -0.4 is 9.47 Å². The zero-order valence-electron chi connectivity index (χ0n) is 13.6. The molecule has 2 aromatic carbocycles. The number of phenolic OH excluding ortho intramolecular Hbond substituents is 1. The van der Waals surface area contributed by atoms with Gasteiger partial charge in [-0.15, -0.1) is 0 Å². The van der Waals surface area contributed by atoms with Gasteiger partial charge in [-0.1, -0.05) is 47.5 Å². The lowest BCUT2D eigenvalue weighted by molar-refractivity contribution is 0.104. The topological polar surface area (TPSA) is 55.8 Å². The maximum atomic E-state index is 12.4. The maximum absolute atomic E-state index is 12.4. The highest BCUT2D eigenvalue weighted by molar-refractivity contribution is 6.50. The third-order valence-corrected chi connectivity index (χ3v) is 4.04.